The van der Waals surface area contributed by atoms with E-state index in [2.05, 4.69) is 21.3 Å². The van der Waals surface area contributed by atoms with Crippen molar-refractivity contribution in [2.24, 2.45) is 0 Å². The molecule has 1 fully saturated rings. The Morgan fingerprint density at radius 2 is 1.97 bits per heavy atom. The Kier molecular flexibility index (Phi) is 6.60. The number of aromatic nitrogens is 2. The van der Waals surface area contributed by atoms with E-state index in [1.165, 1.54) is 16.9 Å². The summed E-state index contributed by atoms with van der Waals surface area (Å²) in [5.74, 6) is 1.85. The van der Waals surface area contributed by atoms with Crippen molar-refractivity contribution in [3.63, 3.8) is 0 Å². The molecule has 0 amide bonds. The van der Waals surface area contributed by atoms with Gasteiger partial charge in [-0.15, -0.1) is 0 Å². The second-order valence-corrected chi connectivity index (χ2v) is 8.81. The van der Waals surface area contributed by atoms with E-state index < -0.39 is 0 Å². The molecule has 0 spiro atoms. The van der Waals surface area contributed by atoms with Crippen molar-refractivity contribution in [3.8, 4) is 17.4 Å². The summed E-state index contributed by atoms with van der Waals surface area (Å²) in [6.45, 7) is 3.99. The number of nitrogens with one attached hydrogen (secondary N) is 1. The van der Waals surface area contributed by atoms with Crippen LogP contribution in [0.25, 0.3) is 10.9 Å². The zero-order valence-corrected chi connectivity index (χ0v) is 19.5. The number of benzene rings is 1. The molecule has 7 heteroatoms. The molecule has 1 aromatic carbocycles. The number of fused-ring (bicyclic) bond motifs is 2. The van der Waals surface area contributed by atoms with Gasteiger partial charge in [0.2, 0.25) is 5.88 Å². The maximum absolute atomic E-state index is 6.05. The maximum Gasteiger partial charge on any atom is 0.219 e. The fraction of sp³-hybridized carbons (Fsp3) is 0.462. The van der Waals surface area contributed by atoms with Crippen LogP contribution >= 0.6 is 0 Å². The van der Waals surface area contributed by atoms with Gasteiger partial charge in [0, 0.05) is 67.9 Å². The van der Waals surface area contributed by atoms with Crippen LogP contribution in [0.3, 0.4) is 0 Å². The quantitative estimate of drug-likeness (QED) is 0.546. The molecule has 1 aliphatic heterocycles. The predicted octanol–water partition coefficient (Wildman–Crippen LogP) is 4.44. The number of likely N-dealkylation sites (tertiary alicyclic amines) is 1. The summed E-state index contributed by atoms with van der Waals surface area (Å²) >= 11 is 0. The minimum absolute atomic E-state index is 0.453. The van der Waals surface area contributed by atoms with Crippen LogP contribution in [0.5, 0.6) is 17.4 Å². The first-order valence-electron chi connectivity index (χ1n) is 11.9. The summed E-state index contributed by atoms with van der Waals surface area (Å²) in [4.78, 5) is 11.8. The highest BCUT2D eigenvalue weighted by atomic mass is 16.5. The van der Waals surface area contributed by atoms with Crippen molar-refractivity contribution < 1.29 is 14.2 Å². The second kappa shape index (κ2) is 9.93. The Bertz CT molecular complexity index is 1100. The molecule has 5 rings (SSSR count). The summed E-state index contributed by atoms with van der Waals surface area (Å²) in [6.07, 6.45) is 7.22. The number of pyridine rings is 2. The maximum atomic E-state index is 6.05. The van der Waals surface area contributed by atoms with E-state index in [1.807, 2.05) is 24.3 Å². The third kappa shape index (κ3) is 4.75. The molecular weight excluding hydrogens is 416 g/mol. The molecule has 3 aromatic rings. The first-order valence-corrected chi connectivity index (χ1v) is 11.9. The number of hydrogen-bond donors (Lipinski definition) is 1. The lowest BCUT2D eigenvalue weighted by atomic mass is 10.0. The van der Waals surface area contributed by atoms with Crippen LogP contribution in [-0.2, 0) is 17.6 Å². The van der Waals surface area contributed by atoms with Crippen molar-refractivity contribution in [2.75, 3.05) is 45.8 Å². The number of nitrogens with zero attached hydrogens (tertiary/aromatic N) is 3. The number of ether oxygens (including phenoxy) is 3. The van der Waals surface area contributed by atoms with Crippen LogP contribution in [0.4, 0.5) is 5.69 Å². The average Bonchev–Trinajstić information content (AvgIpc) is 3.32. The molecule has 0 radical (unpaired) electrons. The highest BCUT2D eigenvalue weighted by molar-refractivity contribution is 5.96. The predicted molar refractivity (Wildman–Crippen MR) is 130 cm³/mol. The number of anilines is 1. The molecule has 33 heavy (non-hydrogen) atoms. The first kappa shape index (κ1) is 21.9. The number of hydrogen-bond acceptors (Lipinski definition) is 7. The van der Waals surface area contributed by atoms with Gasteiger partial charge in [0.15, 0.2) is 11.5 Å². The van der Waals surface area contributed by atoms with E-state index in [9.17, 15) is 0 Å². The molecule has 1 N–H and O–H groups in total. The molecule has 0 atom stereocenters. The third-order valence-electron chi connectivity index (χ3n) is 6.70. The summed E-state index contributed by atoms with van der Waals surface area (Å²) in [5.41, 5.74) is 4.73. The van der Waals surface area contributed by atoms with Gasteiger partial charge in [-0.2, -0.15) is 0 Å². The third-order valence-corrected chi connectivity index (χ3v) is 6.70. The van der Waals surface area contributed by atoms with Crippen LogP contribution in [-0.4, -0.2) is 61.4 Å². The Labute approximate surface area is 195 Å². The lowest BCUT2D eigenvalue weighted by Gasteiger charge is -2.33. The van der Waals surface area contributed by atoms with E-state index in [0.29, 0.717) is 23.4 Å². The van der Waals surface area contributed by atoms with Crippen LogP contribution < -0.4 is 14.8 Å². The zero-order chi connectivity index (χ0) is 22.6. The summed E-state index contributed by atoms with van der Waals surface area (Å²) in [7, 11) is 3.45. The lowest BCUT2D eigenvalue weighted by molar-refractivity contribution is 0.132. The van der Waals surface area contributed by atoms with Gasteiger partial charge in [-0.25, -0.2) is 4.98 Å². The zero-order valence-electron chi connectivity index (χ0n) is 19.5. The minimum atomic E-state index is 0.453. The van der Waals surface area contributed by atoms with E-state index in [0.717, 1.165) is 69.2 Å². The molecule has 2 aliphatic rings. The standard InChI is InChI=1S/C26H32N4O3/c1-31-15-14-30-12-9-18(10-13-30)28-26-19-6-5-7-21(19)29-22-17-24(23(32-2)16-20(22)26)33-25-8-3-4-11-27-25/h3-4,8,11,16-18H,5-7,9-10,12-15H2,1-2H3,(H,28,29). The van der Waals surface area contributed by atoms with Crippen LogP contribution in [0.15, 0.2) is 36.5 Å². The monoisotopic (exact) mass is 448 g/mol. The summed E-state index contributed by atoms with van der Waals surface area (Å²) < 4.78 is 17.0. The van der Waals surface area contributed by atoms with Gasteiger partial charge in [0.05, 0.1) is 19.2 Å². The smallest absolute Gasteiger partial charge is 0.219 e. The van der Waals surface area contributed by atoms with E-state index in [1.54, 1.807) is 20.4 Å². The van der Waals surface area contributed by atoms with Crippen LogP contribution in [0, 0.1) is 0 Å². The molecule has 7 nitrogen and oxygen atoms in total. The van der Waals surface area contributed by atoms with Gasteiger partial charge in [-0.05, 0) is 49.8 Å². The van der Waals surface area contributed by atoms with Crippen LogP contribution in [0.1, 0.15) is 30.5 Å². The lowest BCUT2D eigenvalue weighted by Crippen LogP contribution is -2.40. The van der Waals surface area contributed by atoms with Crippen molar-refractivity contribution in [2.45, 2.75) is 38.1 Å². The highest BCUT2D eigenvalue weighted by Gasteiger charge is 2.25. The Hall–Kier alpha value is -2.90. The topological polar surface area (TPSA) is 68.7 Å². The fourth-order valence-corrected chi connectivity index (χ4v) is 4.92. The second-order valence-electron chi connectivity index (χ2n) is 8.81. The van der Waals surface area contributed by atoms with E-state index in [-0.39, 0.29) is 0 Å². The van der Waals surface area contributed by atoms with Crippen molar-refractivity contribution in [1.29, 1.82) is 0 Å². The number of aryl methyl sites for hydroxylation is 1. The highest BCUT2D eigenvalue weighted by Crippen LogP contribution is 2.41. The summed E-state index contributed by atoms with van der Waals surface area (Å²) in [5, 5.41) is 5.01. The average molecular weight is 449 g/mol. The minimum Gasteiger partial charge on any atom is -0.493 e. The van der Waals surface area contributed by atoms with Crippen molar-refractivity contribution in [1.82, 2.24) is 14.9 Å². The van der Waals surface area contributed by atoms with Gasteiger partial charge < -0.3 is 24.4 Å². The number of piperidine rings is 1. The molecule has 3 heterocycles. The molecule has 1 aliphatic carbocycles. The van der Waals surface area contributed by atoms with Crippen molar-refractivity contribution in [3.05, 3.63) is 47.8 Å². The Balaban J connectivity index is 1.45. The molecule has 0 unspecified atom stereocenters. The van der Waals surface area contributed by atoms with Gasteiger partial charge in [0.25, 0.3) is 0 Å². The van der Waals surface area contributed by atoms with Crippen molar-refractivity contribution >= 4 is 16.6 Å². The number of rotatable bonds is 8. The van der Waals surface area contributed by atoms with Gasteiger partial charge >= 0.3 is 0 Å². The first-order chi connectivity index (χ1) is 16.2. The fourth-order valence-electron chi connectivity index (χ4n) is 4.92. The molecule has 2 aromatic heterocycles. The molecule has 0 saturated carbocycles. The Morgan fingerprint density at radius 1 is 1.09 bits per heavy atom. The van der Waals surface area contributed by atoms with E-state index >= 15 is 0 Å². The largest absolute Gasteiger partial charge is 0.493 e. The molecule has 0 bridgehead atoms. The van der Waals surface area contributed by atoms with Crippen LogP contribution in [0.2, 0.25) is 0 Å². The SMILES string of the molecule is COCCN1CCC(Nc2c3c(nc4cc(Oc5ccccn5)c(OC)cc24)CCC3)CC1. The van der Waals surface area contributed by atoms with Gasteiger partial charge in [0.1, 0.15) is 0 Å². The van der Waals surface area contributed by atoms with E-state index in [4.69, 9.17) is 19.2 Å². The van der Waals surface area contributed by atoms with Gasteiger partial charge in [-0.1, -0.05) is 6.07 Å². The molecule has 174 valence electrons. The number of methoxy groups -OCH3 is 2. The molecule has 1 saturated heterocycles. The normalized spacial score (nSPS) is 16.7. The van der Waals surface area contributed by atoms with Gasteiger partial charge in [-0.3, -0.25) is 4.98 Å². The Morgan fingerprint density at radius 3 is 2.73 bits per heavy atom. The molecular formula is C26H32N4O3. The summed E-state index contributed by atoms with van der Waals surface area (Å²) in [6, 6.07) is 10.1.